The van der Waals surface area contributed by atoms with E-state index in [0.717, 1.165) is 74.1 Å². The Bertz CT molecular complexity index is 1990. The van der Waals surface area contributed by atoms with Gasteiger partial charge in [-0.1, -0.05) is 17.7 Å². The highest BCUT2D eigenvalue weighted by atomic mass is 35.5. The number of nitrogens with zero attached hydrogens (tertiary/aromatic N) is 4. The van der Waals surface area contributed by atoms with Gasteiger partial charge in [-0.15, -0.1) is 0 Å². The van der Waals surface area contributed by atoms with Gasteiger partial charge in [-0.3, -0.25) is 29.6 Å². The van der Waals surface area contributed by atoms with Crippen molar-refractivity contribution in [2.75, 3.05) is 38.6 Å². The summed E-state index contributed by atoms with van der Waals surface area (Å²) in [6.07, 6.45) is 9.81. The van der Waals surface area contributed by atoms with Crippen molar-refractivity contribution in [2.45, 2.75) is 63.1 Å². The number of ether oxygens (including phenoxy) is 1. The monoisotopic (exact) mass is 700 g/mol. The van der Waals surface area contributed by atoms with Crippen LogP contribution in [0.3, 0.4) is 0 Å². The normalized spacial score (nSPS) is 19.9. The minimum atomic E-state index is -0.441. The topological polar surface area (TPSA) is 109 Å². The number of nitrogens with one attached hydrogen (secondary N) is 2. The number of piperidine rings is 3. The maximum Gasteiger partial charge on any atom is 0.259 e. The number of carbonyl (C=O) groups excluding carboxylic acids is 2. The standard InChI is InChI=1S/C38H42ClFN6O4/c1-44-21-30(28-7-12-41-20-29(28)38(44)49)24-17-33(40)31(35(18-24)50-2)22-45-13-10-26(11-14-45)46-15-8-23(9-16-46)27-4-3-25(19-32(27)39)42-34-5-6-36(47)43-37(34)48/h3-4,7,12,17-21,23,26,34,42H,5-6,8-11,13-16,22H2,1-2H3,(H,43,47,48). The zero-order valence-electron chi connectivity index (χ0n) is 28.4. The fraction of sp³-hybridized carbons (Fsp3) is 0.421. The number of halogens is 2. The lowest BCUT2D eigenvalue weighted by Crippen LogP contribution is -2.47. The van der Waals surface area contributed by atoms with Gasteiger partial charge in [-0.25, -0.2) is 4.39 Å². The summed E-state index contributed by atoms with van der Waals surface area (Å²) < 4.78 is 23.0. The average Bonchev–Trinajstić information content (AvgIpc) is 3.12. The van der Waals surface area contributed by atoms with E-state index in [9.17, 15) is 14.4 Å². The Hall–Kier alpha value is -4.32. The van der Waals surface area contributed by atoms with E-state index in [4.69, 9.17) is 16.3 Å². The molecule has 3 saturated heterocycles. The van der Waals surface area contributed by atoms with Gasteiger partial charge < -0.3 is 19.5 Å². The molecule has 7 rings (SSSR count). The number of methoxy groups -OCH3 is 1. The van der Waals surface area contributed by atoms with Crippen molar-refractivity contribution < 1.29 is 18.7 Å². The van der Waals surface area contributed by atoms with E-state index < -0.39 is 6.04 Å². The molecule has 0 saturated carbocycles. The number of benzene rings is 2. The molecule has 4 aromatic rings. The molecule has 0 aliphatic carbocycles. The lowest BCUT2D eigenvalue weighted by atomic mass is 9.87. The number of rotatable bonds is 8. The van der Waals surface area contributed by atoms with Gasteiger partial charge in [-0.05, 0) is 111 Å². The quantitative estimate of drug-likeness (QED) is 0.233. The van der Waals surface area contributed by atoms with Gasteiger partial charge >= 0.3 is 0 Å². The van der Waals surface area contributed by atoms with Crippen LogP contribution < -0.4 is 20.9 Å². The van der Waals surface area contributed by atoms with Gasteiger partial charge in [0, 0.05) is 66.5 Å². The van der Waals surface area contributed by atoms with E-state index in [1.807, 2.05) is 18.2 Å². The lowest BCUT2D eigenvalue weighted by Gasteiger charge is -2.42. The third kappa shape index (κ3) is 6.99. The number of pyridine rings is 2. The molecule has 262 valence electrons. The van der Waals surface area contributed by atoms with Crippen LogP contribution >= 0.6 is 11.6 Å². The number of amides is 2. The molecule has 12 heteroatoms. The van der Waals surface area contributed by atoms with Crippen molar-refractivity contribution >= 4 is 39.9 Å². The molecule has 2 aromatic carbocycles. The number of aryl methyl sites for hydroxylation is 1. The Morgan fingerprint density at radius 3 is 2.50 bits per heavy atom. The van der Waals surface area contributed by atoms with Crippen LogP contribution in [-0.4, -0.2) is 76.5 Å². The van der Waals surface area contributed by atoms with E-state index in [0.29, 0.717) is 58.6 Å². The first-order valence-corrected chi connectivity index (χ1v) is 17.7. The summed E-state index contributed by atoms with van der Waals surface area (Å²) in [6.45, 7) is 4.22. The van der Waals surface area contributed by atoms with E-state index in [2.05, 4.69) is 31.5 Å². The molecule has 2 amide bonds. The Balaban J connectivity index is 0.942. The molecule has 0 radical (unpaired) electrons. The summed E-state index contributed by atoms with van der Waals surface area (Å²) in [5, 5.41) is 7.51. The van der Waals surface area contributed by atoms with Crippen molar-refractivity contribution in [3.8, 4) is 16.9 Å². The lowest BCUT2D eigenvalue weighted by molar-refractivity contribution is -0.133. The molecule has 0 spiro atoms. The highest BCUT2D eigenvalue weighted by Crippen LogP contribution is 2.37. The predicted octanol–water partition coefficient (Wildman–Crippen LogP) is 5.46. The SMILES string of the molecule is COc1cc(-c2cn(C)c(=O)c3cnccc23)cc(F)c1CN1CCC(N2CCC(c3ccc(NC4CCC(=O)NC4=O)cc3Cl)CC2)CC1. The second-order valence-corrected chi connectivity index (χ2v) is 14.1. The Morgan fingerprint density at radius 1 is 1.00 bits per heavy atom. The average molecular weight is 701 g/mol. The zero-order chi connectivity index (χ0) is 34.9. The summed E-state index contributed by atoms with van der Waals surface area (Å²) >= 11 is 6.75. The van der Waals surface area contributed by atoms with Crippen LogP contribution in [0, 0.1) is 5.82 Å². The van der Waals surface area contributed by atoms with Gasteiger partial charge in [0.05, 0.1) is 12.5 Å². The minimum Gasteiger partial charge on any atom is -0.496 e. The number of hydrogen-bond acceptors (Lipinski definition) is 8. The molecular formula is C38H42ClFN6O4. The molecule has 3 aliphatic rings. The number of aromatic nitrogens is 2. The molecule has 2 N–H and O–H groups in total. The van der Waals surface area contributed by atoms with Gasteiger partial charge in [0.1, 0.15) is 17.6 Å². The van der Waals surface area contributed by atoms with Gasteiger partial charge in [0.15, 0.2) is 0 Å². The predicted molar refractivity (Wildman–Crippen MR) is 192 cm³/mol. The molecule has 50 heavy (non-hydrogen) atoms. The minimum absolute atomic E-state index is 0.147. The first kappa shape index (κ1) is 34.1. The summed E-state index contributed by atoms with van der Waals surface area (Å²) in [6, 6.07) is 11.2. The summed E-state index contributed by atoms with van der Waals surface area (Å²) in [7, 11) is 3.26. The fourth-order valence-corrected chi connectivity index (χ4v) is 8.20. The molecule has 3 fully saturated rings. The second-order valence-electron chi connectivity index (χ2n) is 13.7. The number of fused-ring (bicyclic) bond motifs is 1. The summed E-state index contributed by atoms with van der Waals surface area (Å²) in [5.74, 6) is 0.0186. The third-order valence-electron chi connectivity index (χ3n) is 10.7. The molecule has 1 atom stereocenters. The van der Waals surface area contributed by atoms with Crippen molar-refractivity contribution in [1.82, 2.24) is 24.7 Å². The number of hydrogen-bond donors (Lipinski definition) is 2. The maximum atomic E-state index is 15.8. The Morgan fingerprint density at radius 2 is 1.78 bits per heavy atom. The van der Waals surface area contributed by atoms with Crippen LogP contribution in [0.5, 0.6) is 5.75 Å². The first-order valence-electron chi connectivity index (χ1n) is 17.3. The molecule has 1 unspecified atom stereocenters. The van der Waals surface area contributed by atoms with Crippen LogP contribution in [0.15, 0.2) is 59.8 Å². The first-order chi connectivity index (χ1) is 24.2. The summed E-state index contributed by atoms with van der Waals surface area (Å²) in [4.78, 5) is 45.3. The van der Waals surface area contributed by atoms with Gasteiger partial charge in [0.2, 0.25) is 11.8 Å². The molecule has 3 aliphatic heterocycles. The fourth-order valence-electron chi connectivity index (χ4n) is 7.87. The van der Waals surface area contributed by atoms with E-state index >= 15 is 4.39 Å². The van der Waals surface area contributed by atoms with Crippen LogP contribution in [0.4, 0.5) is 10.1 Å². The largest absolute Gasteiger partial charge is 0.496 e. The van der Waals surface area contributed by atoms with Crippen molar-refractivity contribution in [3.05, 3.63) is 87.3 Å². The van der Waals surface area contributed by atoms with Gasteiger partial charge in [-0.2, -0.15) is 0 Å². The number of imide groups is 1. The van der Waals surface area contributed by atoms with Gasteiger partial charge in [0.25, 0.3) is 5.56 Å². The smallest absolute Gasteiger partial charge is 0.259 e. The van der Waals surface area contributed by atoms with Crippen LogP contribution in [-0.2, 0) is 23.2 Å². The highest BCUT2D eigenvalue weighted by Gasteiger charge is 2.31. The molecular weight excluding hydrogens is 659 g/mol. The van der Waals surface area contributed by atoms with Crippen LogP contribution in [0.1, 0.15) is 55.6 Å². The Kier molecular flexibility index (Phi) is 9.90. The Labute approximate surface area is 295 Å². The van der Waals surface area contributed by atoms with Crippen molar-refractivity contribution in [1.29, 1.82) is 0 Å². The molecule has 5 heterocycles. The third-order valence-corrected chi connectivity index (χ3v) is 11.0. The van der Waals surface area contributed by atoms with Crippen molar-refractivity contribution in [2.24, 2.45) is 7.05 Å². The number of carbonyl (C=O) groups is 2. The van der Waals surface area contributed by atoms with E-state index in [1.54, 1.807) is 44.9 Å². The number of likely N-dealkylation sites (tertiary alicyclic amines) is 2. The summed E-state index contributed by atoms with van der Waals surface area (Å²) in [5.41, 5.74) is 3.71. The van der Waals surface area contributed by atoms with Crippen molar-refractivity contribution in [3.63, 3.8) is 0 Å². The van der Waals surface area contributed by atoms with E-state index in [-0.39, 0.29) is 23.2 Å². The molecule has 0 bridgehead atoms. The molecule has 2 aromatic heterocycles. The van der Waals surface area contributed by atoms with Crippen LogP contribution in [0.2, 0.25) is 5.02 Å². The van der Waals surface area contributed by atoms with E-state index in [1.165, 1.54) is 4.57 Å². The van der Waals surface area contributed by atoms with Crippen LogP contribution in [0.25, 0.3) is 21.9 Å². The second kappa shape index (κ2) is 14.5. The molecule has 10 nitrogen and oxygen atoms in total. The zero-order valence-corrected chi connectivity index (χ0v) is 29.1. The maximum absolute atomic E-state index is 15.8. The highest BCUT2D eigenvalue weighted by molar-refractivity contribution is 6.31. The number of anilines is 1.